The lowest BCUT2D eigenvalue weighted by molar-refractivity contribution is 0.0917. The first-order chi connectivity index (χ1) is 12.7. The molecule has 0 amide bonds. The minimum absolute atomic E-state index is 0.116. The number of benzene rings is 1. The molecule has 1 aromatic carbocycles. The Morgan fingerprint density at radius 2 is 1.77 bits per heavy atom. The van der Waals surface area contributed by atoms with E-state index >= 15 is 0 Å². The molecular weight excluding hydrogens is 332 g/mol. The SMILES string of the molecule is Cc1nc(CN2CCN([C@H](C)c3noc(-c4ccccc4)n3)CC2)no1. The lowest BCUT2D eigenvalue weighted by Crippen LogP contribution is -2.46. The molecule has 8 nitrogen and oxygen atoms in total. The van der Waals surface area contributed by atoms with Gasteiger partial charge < -0.3 is 9.05 Å². The molecule has 3 heterocycles. The number of hydrogen-bond donors (Lipinski definition) is 0. The van der Waals surface area contributed by atoms with E-state index in [1.807, 2.05) is 37.3 Å². The molecular formula is C18H22N6O2. The van der Waals surface area contributed by atoms with Gasteiger partial charge in [0.1, 0.15) is 0 Å². The van der Waals surface area contributed by atoms with E-state index in [0.717, 1.165) is 49.9 Å². The van der Waals surface area contributed by atoms with Crippen molar-refractivity contribution in [1.29, 1.82) is 0 Å². The van der Waals surface area contributed by atoms with Gasteiger partial charge in [-0.05, 0) is 19.1 Å². The molecule has 1 fully saturated rings. The zero-order chi connectivity index (χ0) is 17.9. The molecule has 0 saturated carbocycles. The molecule has 136 valence electrons. The standard InChI is InChI=1S/C18H22N6O2/c1-13(17-20-18(26-22-17)15-6-4-3-5-7-15)24-10-8-23(9-11-24)12-16-19-14(2)25-21-16/h3-7,13H,8-12H2,1-2H3/t13-/m1/s1. The Morgan fingerprint density at radius 1 is 1.00 bits per heavy atom. The van der Waals surface area contributed by atoms with Crippen molar-refractivity contribution >= 4 is 0 Å². The molecule has 4 rings (SSSR count). The number of aromatic nitrogens is 4. The zero-order valence-electron chi connectivity index (χ0n) is 15.0. The Bertz CT molecular complexity index is 838. The van der Waals surface area contributed by atoms with E-state index in [9.17, 15) is 0 Å². The van der Waals surface area contributed by atoms with Crippen LogP contribution in [0.1, 0.15) is 30.5 Å². The summed E-state index contributed by atoms with van der Waals surface area (Å²) in [6.45, 7) is 8.42. The number of rotatable bonds is 5. The fourth-order valence-corrected chi connectivity index (χ4v) is 3.18. The molecule has 8 heteroatoms. The molecule has 0 bridgehead atoms. The molecule has 2 aromatic heterocycles. The van der Waals surface area contributed by atoms with Gasteiger partial charge in [0, 0.05) is 38.7 Å². The molecule has 0 spiro atoms. The molecule has 3 aromatic rings. The molecule has 1 aliphatic heterocycles. The van der Waals surface area contributed by atoms with Crippen molar-refractivity contribution in [3.63, 3.8) is 0 Å². The third kappa shape index (κ3) is 3.66. The summed E-state index contributed by atoms with van der Waals surface area (Å²) in [6.07, 6.45) is 0. The summed E-state index contributed by atoms with van der Waals surface area (Å²) in [5, 5.41) is 8.15. The van der Waals surface area contributed by atoms with Crippen LogP contribution in [-0.2, 0) is 6.54 Å². The minimum Gasteiger partial charge on any atom is -0.340 e. The summed E-state index contributed by atoms with van der Waals surface area (Å²) >= 11 is 0. The van der Waals surface area contributed by atoms with Crippen molar-refractivity contribution < 1.29 is 9.05 Å². The molecule has 0 N–H and O–H groups in total. The summed E-state index contributed by atoms with van der Waals surface area (Å²) in [5.74, 6) is 2.65. The molecule has 0 aliphatic carbocycles. The Balaban J connectivity index is 1.35. The largest absolute Gasteiger partial charge is 0.340 e. The van der Waals surface area contributed by atoms with Gasteiger partial charge in [0.05, 0.1) is 12.6 Å². The summed E-state index contributed by atoms with van der Waals surface area (Å²) in [5.41, 5.74) is 0.943. The van der Waals surface area contributed by atoms with Gasteiger partial charge in [-0.15, -0.1) is 0 Å². The van der Waals surface area contributed by atoms with Gasteiger partial charge in [-0.1, -0.05) is 28.5 Å². The van der Waals surface area contributed by atoms with Crippen LogP contribution in [-0.4, -0.2) is 56.3 Å². The third-order valence-electron chi connectivity index (χ3n) is 4.73. The third-order valence-corrected chi connectivity index (χ3v) is 4.73. The van der Waals surface area contributed by atoms with Crippen molar-refractivity contribution in [3.8, 4) is 11.5 Å². The zero-order valence-corrected chi connectivity index (χ0v) is 15.0. The smallest absolute Gasteiger partial charge is 0.257 e. The Kier molecular flexibility index (Phi) is 4.77. The van der Waals surface area contributed by atoms with Crippen LogP contribution in [0, 0.1) is 6.92 Å². The number of hydrogen-bond acceptors (Lipinski definition) is 8. The summed E-state index contributed by atoms with van der Waals surface area (Å²) in [6, 6.07) is 9.96. The van der Waals surface area contributed by atoms with Crippen LogP contribution in [0.4, 0.5) is 0 Å². The first kappa shape index (κ1) is 16.9. The fraction of sp³-hybridized carbons (Fsp3) is 0.444. The fourth-order valence-electron chi connectivity index (χ4n) is 3.18. The van der Waals surface area contributed by atoms with E-state index in [1.54, 1.807) is 0 Å². The van der Waals surface area contributed by atoms with Gasteiger partial charge in [-0.25, -0.2) is 0 Å². The van der Waals surface area contributed by atoms with E-state index in [0.29, 0.717) is 11.8 Å². The van der Waals surface area contributed by atoms with Crippen molar-refractivity contribution in [3.05, 3.63) is 47.9 Å². The Morgan fingerprint density at radius 3 is 2.46 bits per heavy atom. The van der Waals surface area contributed by atoms with E-state index in [-0.39, 0.29) is 6.04 Å². The van der Waals surface area contributed by atoms with E-state index in [4.69, 9.17) is 9.05 Å². The average molecular weight is 354 g/mol. The maximum absolute atomic E-state index is 5.44. The first-order valence-electron chi connectivity index (χ1n) is 8.83. The van der Waals surface area contributed by atoms with Crippen LogP contribution in [0.25, 0.3) is 11.5 Å². The molecule has 1 atom stereocenters. The second-order valence-electron chi connectivity index (χ2n) is 6.54. The van der Waals surface area contributed by atoms with Crippen LogP contribution in [0.3, 0.4) is 0 Å². The normalized spacial score (nSPS) is 17.5. The average Bonchev–Trinajstić information content (AvgIpc) is 3.32. The van der Waals surface area contributed by atoms with Crippen LogP contribution >= 0.6 is 0 Å². The van der Waals surface area contributed by atoms with Crippen molar-refractivity contribution in [2.24, 2.45) is 0 Å². The second-order valence-corrected chi connectivity index (χ2v) is 6.54. The van der Waals surface area contributed by atoms with E-state index in [1.165, 1.54) is 0 Å². The van der Waals surface area contributed by atoms with Crippen molar-refractivity contribution in [1.82, 2.24) is 30.1 Å². The number of piperazine rings is 1. The molecule has 0 unspecified atom stereocenters. The Labute approximate surface area is 151 Å². The number of nitrogens with zero attached hydrogens (tertiary/aromatic N) is 6. The van der Waals surface area contributed by atoms with Gasteiger partial charge in [0.25, 0.3) is 5.89 Å². The second kappa shape index (κ2) is 7.35. The maximum atomic E-state index is 5.44. The van der Waals surface area contributed by atoms with E-state index in [2.05, 4.69) is 37.0 Å². The summed E-state index contributed by atoms with van der Waals surface area (Å²) < 4.78 is 10.5. The van der Waals surface area contributed by atoms with Crippen LogP contribution in [0.5, 0.6) is 0 Å². The number of aryl methyl sites for hydroxylation is 1. The predicted molar refractivity (Wildman–Crippen MR) is 94.0 cm³/mol. The molecule has 1 saturated heterocycles. The van der Waals surface area contributed by atoms with Crippen molar-refractivity contribution in [2.45, 2.75) is 26.4 Å². The summed E-state index contributed by atoms with van der Waals surface area (Å²) in [7, 11) is 0. The quantitative estimate of drug-likeness (QED) is 0.690. The first-order valence-corrected chi connectivity index (χ1v) is 8.83. The van der Waals surface area contributed by atoms with Crippen LogP contribution in [0.2, 0.25) is 0 Å². The lowest BCUT2D eigenvalue weighted by Gasteiger charge is -2.36. The molecule has 0 radical (unpaired) electrons. The van der Waals surface area contributed by atoms with Gasteiger partial charge in [0.2, 0.25) is 5.89 Å². The van der Waals surface area contributed by atoms with Gasteiger partial charge in [-0.3, -0.25) is 9.80 Å². The maximum Gasteiger partial charge on any atom is 0.257 e. The van der Waals surface area contributed by atoms with E-state index < -0.39 is 0 Å². The monoisotopic (exact) mass is 354 g/mol. The lowest BCUT2D eigenvalue weighted by atomic mass is 10.2. The van der Waals surface area contributed by atoms with Gasteiger partial charge in [0.15, 0.2) is 11.6 Å². The van der Waals surface area contributed by atoms with Crippen molar-refractivity contribution in [2.75, 3.05) is 26.2 Å². The summed E-state index contributed by atoms with van der Waals surface area (Å²) in [4.78, 5) is 13.6. The highest BCUT2D eigenvalue weighted by molar-refractivity contribution is 5.52. The van der Waals surface area contributed by atoms with Crippen LogP contribution < -0.4 is 0 Å². The molecule has 26 heavy (non-hydrogen) atoms. The predicted octanol–water partition coefficient (Wildman–Crippen LogP) is 2.31. The highest BCUT2D eigenvalue weighted by Gasteiger charge is 2.26. The van der Waals surface area contributed by atoms with Crippen LogP contribution in [0.15, 0.2) is 39.4 Å². The Hall–Kier alpha value is -2.58. The highest BCUT2D eigenvalue weighted by atomic mass is 16.5. The van der Waals surface area contributed by atoms with Gasteiger partial charge in [-0.2, -0.15) is 9.97 Å². The molecule has 1 aliphatic rings. The topological polar surface area (TPSA) is 84.3 Å². The van der Waals surface area contributed by atoms with Gasteiger partial charge >= 0.3 is 0 Å². The highest BCUT2D eigenvalue weighted by Crippen LogP contribution is 2.23. The minimum atomic E-state index is 0.116.